The summed E-state index contributed by atoms with van der Waals surface area (Å²) in [5.41, 5.74) is 2.02. The standard InChI is InChI=1S/C21H19ClN2O4S/c1-14-6-9-17(10-7-14)24-29(26,27)18-5-3-4-15(12-18)21(25)23-19-13-16(22)8-11-20(19)28-2/h3-13,24H,1-2H3,(H,23,25). The summed E-state index contributed by atoms with van der Waals surface area (Å²) in [6.45, 7) is 1.91. The first-order chi connectivity index (χ1) is 13.8. The minimum absolute atomic E-state index is 0.0243. The summed E-state index contributed by atoms with van der Waals surface area (Å²) in [7, 11) is -2.38. The van der Waals surface area contributed by atoms with Crippen molar-refractivity contribution in [2.45, 2.75) is 11.8 Å². The zero-order chi connectivity index (χ0) is 21.0. The van der Waals surface area contributed by atoms with Gasteiger partial charge in [0, 0.05) is 16.3 Å². The van der Waals surface area contributed by atoms with Crippen LogP contribution in [-0.4, -0.2) is 21.4 Å². The van der Waals surface area contributed by atoms with E-state index in [1.54, 1.807) is 42.5 Å². The van der Waals surface area contributed by atoms with E-state index in [1.165, 1.54) is 31.4 Å². The average molecular weight is 431 g/mol. The van der Waals surface area contributed by atoms with Gasteiger partial charge in [-0.3, -0.25) is 9.52 Å². The average Bonchev–Trinajstić information content (AvgIpc) is 2.70. The molecule has 6 nitrogen and oxygen atoms in total. The fourth-order valence-corrected chi connectivity index (χ4v) is 3.89. The van der Waals surface area contributed by atoms with E-state index in [4.69, 9.17) is 16.3 Å². The molecule has 0 aliphatic carbocycles. The quantitative estimate of drug-likeness (QED) is 0.593. The maximum atomic E-state index is 12.7. The zero-order valence-corrected chi connectivity index (χ0v) is 17.3. The number of hydrogen-bond acceptors (Lipinski definition) is 4. The molecular formula is C21H19ClN2O4S. The van der Waals surface area contributed by atoms with Crippen molar-refractivity contribution < 1.29 is 17.9 Å². The van der Waals surface area contributed by atoms with Gasteiger partial charge >= 0.3 is 0 Å². The van der Waals surface area contributed by atoms with Crippen LogP contribution in [0.4, 0.5) is 11.4 Å². The van der Waals surface area contributed by atoms with E-state index in [0.29, 0.717) is 22.1 Å². The monoisotopic (exact) mass is 430 g/mol. The number of halogens is 1. The minimum Gasteiger partial charge on any atom is -0.495 e. The van der Waals surface area contributed by atoms with Crippen LogP contribution in [0.2, 0.25) is 5.02 Å². The molecule has 0 fully saturated rings. The van der Waals surface area contributed by atoms with Crippen molar-refractivity contribution in [3.05, 3.63) is 82.9 Å². The molecule has 0 aliphatic rings. The highest BCUT2D eigenvalue weighted by atomic mass is 35.5. The van der Waals surface area contributed by atoms with Crippen molar-refractivity contribution >= 4 is 38.9 Å². The Hall–Kier alpha value is -3.03. The number of methoxy groups -OCH3 is 1. The van der Waals surface area contributed by atoms with Crippen molar-refractivity contribution in [1.29, 1.82) is 0 Å². The number of carbonyl (C=O) groups excluding carboxylic acids is 1. The molecule has 1 amide bonds. The Morgan fingerprint density at radius 3 is 2.41 bits per heavy atom. The second-order valence-electron chi connectivity index (χ2n) is 6.30. The van der Waals surface area contributed by atoms with E-state index in [1.807, 2.05) is 6.92 Å². The van der Waals surface area contributed by atoms with Gasteiger partial charge in [0.25, 0.3) is 15.9 Å². The molecule has 0 aliphatic heterocycles. The van der Waals surface area contributed by atoms with Crippen molar-refractivity contribution in [2.24, 2.45) is 0 Å². The molecule has 0 aromatic heterocycles. The first kappa shape index (κ1) is 20.7. The summed E-state index contributed by atoms with van der Waals surface area (Å²) in [6.07, 6.45) is 0. The third-order valence-electron chi connectivity index (χ3n) is 4.12. The maximum Gasteiger partial charge on any atom is 0.261 e. The smallest absolute Gasteiger partial charge is 0.261 e. The topological polar surface area (TPSA) is 84.5 Å². The molecule has 3 aromatic rings. The van der Waals surface area contributed by atoms with Crippen LogP contribution in [0.1, 0.15) is 15.9 Å². The number of rotatable bonds is 6. The molecule has 0 unspecified atom stereocenters. The molecule has 150 valence electrons. The summed E-state index contributed by atoms with van der Waals surface area (Å²) < 4.78 is 33.1. The minimum atomic E-state index is -3.85. The maximum absolute atomic E-state index is 12.7. The van der Waals surface area contributed by atoms with Gasteiger partial charge in [-0.25, -0.2) is 8.42 Å². The van der Waals surface area contributed by atoms with Crippen molar-refractivity contribution in [3.63, 3.8) is 0 Å². The molecule has 3 rings (SSSR count). The van der Waals surface area contributed by atoms with Crippen LogP contribution in [0, 0.1) is 6.92 Å². The number of nitrogens with one attached hydrogen (secondary N) is 2. The van der Waals surface area contributed by atoms with Gasteiger partial charge in [0.05, 0.1) is 17.7 Å². The third kappa shape index (κ3) is 5.07. The predicted molar refractivity (Wildman–Crippen MR) is 114 cm³/mol. The number of carbonyl (C=O) groups is 1. The molecule has 2 N–H and O–H groups in total. The van der Waals surface area contributed by atoms with Crippen LogP contribution < -0.4 is 14.8 Å². The highest BCUT2D eigenvalue weighted by Crippen LogP contribution is 2.28. The van der Waals surface area contributed by atoms with Crippen LogP contribution in [-0.2, 0) is 10.0 Å². The number of anilines is 2. The SMILES string of the molecule is COc1ccc(Cl)cc1NC(=O)c1cccc(S(=O)(=O)Nc2ccc(C)cc2)c1. The van der Waals surface area contributed by atoms with Crippen LogP contribution in [0.15, 0.2) is 71.6 Å². The van der Waals surface area contributed by atoms with E-state index >= 15 is 0 Å². The van der Waals surface area contributed by atoms with Crippen molar-refractivity contribution in [1.82, 2.24) is 0 Å². The summed E-state index contributed by atoms with van der Waals surface area (Å²) >= 11 is 5.98. The fraction of sp³-hybridized carbons (Fsp3) is 0.0952. The fourth-order valence-electron chi connectivity index (χ4n) is 2.61. The largest absolute Gasteiger partial charge is 0.495 e. The molecule has 0 heterocycles. The second-order valence-corrected chi connectivity index (χ2v) is 8.42. The summed E-state index contributed by atoms with van der Waals surface area (Å²) in [4.78, 5) is 12.6. The van der Waals surface area contributed by atoms with Gasteiger partial charge in [0.2, 0.25) is 0 Å². The lowest BCUT2D eigenvalue weighted by atomic mass is 10.2. The van der Waals surface area contributed by atoms with Crippen LogP contribution >= 0.6 is 11.6 Å². The Bertz CT molecular complexity index is 1150. The predicted octanol–water partition coefficient (Wildman–Crippen LogP) is 4.71. The van der Waals surface area contributed by atoms with Crippen LogP contribution in [0.3, 0.4) is 0 Å². The molecular weight excluding hydrogens is 412 g/mol. The lowest BCUT2D eigenvalue weighted by Crippen LogP contribution is -2.16. The van der Waals surface area contributed by atoms with Gasteiger partial charge in [0.15, 0.2) is 0 Å². The molecule has 29 heavy (non-hydrogen) atoms. The van der Waals surface area contributed by atoms with Gasteiger partial charge < -0.3 is 10.1 Å². The Morgan fingerprint density at radius 1 is 1.00 bits per heavy atom. The normalized spacial score (nSPS) is 11.0. The van der Waals surface area contributed by atoms with E-state index < -0.39 is 15.9 Å². The third-order valence-corrected chi connectivity index (χ3v) is 5.73. The van der Waals surface area contributed by atoms with E-state index in [-0.39, 0.29) is 10.5 Å². The molecule has 3 aromatic carbocycles. The molecule has 0 radical (unpaired) electrons. The lowest BCUT2D eigenvalue weighted by molar-refractivity contribution is 0.102. The van der Waals surface area contributed by atoms with Gasteiger partial charge in [-0.05, 0) is 55.5 Å². The lowest BCUT2D eigenvalue weighted by Gasteiger charge is -2.12. The molecule has 0 spiro atoms. The second kappa shape index (κ2) is 8.55. The number of aryl methyl sites for hydroxylation is 1. The summed E-state index contributed by atoms with van der Waals surface area (Å²) in [6, 6.07) is 17.5. The van der Waals surface area contributed by atoms with Crippen molar-refractivity contribution in [2.75, 3.05) is 17.1 Å². The Morgan fingerprint density at radius 2 is 1.72 bits per heavy atom. The van der Waals surface area contributed by atoms with Gasteiger partial charge in [0.1, 0.15) is 5.75 Å². The number of sulfonamides is 1. The number of amides is 1. The molecule has 0 bridgehead atoms. The highest BCUT2D eigenvalue weighted by Gasteiger charge is 2.17. The summed E-state index contributed by atoms with van der Waals surface area (Å²) in [5, 5.41) is 3.12. The van der Waals surface area contributed by atoms with Gasteiger partial charge in [-0.1, -0.05) is 35.4 Å². The van der Waals surface area contributed by atoms with Gasteiger partial charge in [-0.15, -0.1) is 0 Å². The number of benzene rings is 3. The van der Waals surface area contributed by atoms with E-state index in [9.17, 15) is 13.2 Å². The van der Waals surface area contributed by atoms with E-state index in [2.05, 4.69) is 10.0 Å². The van der Waals surface area contributed by atoms with Gasteiger partial charge in [-0.2, -0.15) is 0 Å². The zero-order valence-electron chi connectivity index (χ0n) is 15.8. The molecule has 0 atom stereocenters. The molecule has 0 saturated heterocycles. The highest BCUT2D eigenvalue weighted by molar-refractivity contribution is 7.92. The first-order valence-electron chi connectivity index (χ1n) is 8.63. The van der Waals surface area contributed by atoms with Crippen LogP contribution in [0.5, 0.6) is 5.75 Å². The Labute approximate surface area is 174 Å². The first-order valence-corrected chi connectivity index (χ1v) is 10.5. The Balaban J connectivity index is 1.84. The van der Waals surface area contributed by atoms with E-state index in [0.717, 1.165) is 5.56 Å². The molecule has 8 heteroatoms. The van der Waals surface area contributed by atoms with Crippen molar-refractivity contribution in [3.8, 4) is 5.75 Å². The van der Waals surface area contributed by atoms with Crippen LogP contribution in [0.25, 0.3) is 0 Å². The number of ether oxygens (including phenoxy) is 1. The Kier molecular flexibility index (Phi) is 6.10. The number of hydrogen-bond donors (Lipinski definition) is 2. The summed E-state index contributed by atoms with van der Waals surface area (Å²) in [5.74, 6) is -0.0504. The molecule has 0 saturated carbocycles.